The zero-order valence-corrected chi connectivity index (χ0v) is 10.1. The predicted molar refractivity (Wildman–Crippen MR) is 63.9 cm³/mol. The van der Waals surface area contributed by atoms with Crippen molar-refractivity contribution >= 4 is 17.5 Å². The first-order chi connectivity index (χ1) is 8.15. The fraction of sp³-hybridized carbons (Fsp3) is 0.545. The van der Waals surface area contributed by atoms with Crippen LogP contribution in [0.5, 0.6) is 0 Å². The summed E-state index contributed by atoms with van der Waals surface area (Å²) < 4.78 is 1.25. The van der Waals surface area contributed by atoms with E-state index in [0.717, 1.165) is 25.7 Å². The summed E-state index contributed by atoms with van der Waals surface area (Å²) in [6.45, 7) is -0.000494. The lowest BCUT2D eigenvalue weighted by atomic mass is 10.2. The molecule has 1 saturated carbocycles. The molecule has 2 rings (SSSR count). The summed E-state index contributed by atoms with van der Waals surface area (Å²) >= 11 is 5.57. The molecule has 0 atom stereocenters. The highest BCUT2D eigenvalue weighted by atomic mass is 35.5. The third kappa shape index (κ3) is 3.30. The van der Waals surface area contributed by atoms with Crippen LogP contribution in [-0.2, 0) is 11.3 Å². The Balaban J connectivity index is 1.95. The van der Waals surface area contributed by atoms with Crippen LogP contribution in [0.4, 0.5) is 0 Å². The molecular formula is C11H14ClN3O2. The number of aromatic nitrogens is 2. The molecule has 1 heterocycles. The zero-order valence-electron chi connectivity index (χ0n) is 9.36. The van der Waals surface area contributed by atoms with Crippen molar-refractivity contribution in [2.75, 3.05) is 0 Å². The van der Waals surface area contributed by atoms with Gasteiger partial charge in [-0.25, -0.2) is 4.98 Å². The third-order valence-electron chi connectivity index (χ3n) is 2.88. The van der Waals surface area contributed by atoms with Crippen LogP contribution in [-0.4, -0.2) is 21.5 Å². The summed E-state index contributed by atoms with van der Waals surface area (Å²) in [5.74, 6) is -0.150. The third-order valence-corrected chi connectivity index (χ3v) is 3.09. The van der Waals surface area contributed by atoms with Crippen molar-refractivity contribution in [3.05, 3.63) is 27.9 Å². The van der Waals surface area contributed by atoms with Crippen molar-refractivity contribution in [3.8, 4) is 0 Å². The molecule has 17 heavy (non-hydrogen) atoms. The van der Waals surface area contributed by atoms with E-state index in [4.69, 9.17) is 11.6 Å². The van der Waals surface area contributed by atoms with Crippen LogP contribution in [0.25, 0.3) is 0 Å². The van der Waals surface area contributed by atoms with Crippen molar-refractivity contribution in [2.45, 2.75) is 38.3 Å². The molecule has 1 fully saturated rings. The second kappa shape index (κ2) is 5.31. The first-order valence-electron chi connectivity index (χ1n) is 5.66. The second-order valence-corrected chi connectivity index (χ2v) is 4.61. The van der Waals surface area contributed by atoms with Gasteiger partial charge >= 0.3 is 0 Å². The van der Waals surface area contributed by atoms with Crippen LogP contribution in [0.1, 0.15) is 25.7 Å². The van der Waals surface area contributed by atoms with E-state index in [1.165, 1.54) is 17.0 Å². The highest BCUT2D eigenvalue weighted by Crippen LogP contribution is 2.17. The van der Waals surface area contributed by atoms with Gasteiger partial charge in [0.25, 0.3) is 5.56 Å². The van der Waals surface area contributed by atoms with Gasteiger partial charge in [0.15, 0.2) is 0 Å². The maximum atomic E-state index is 11.7. The Bertz CT molecular complexity index is 466. The number of halogens is 1. The molecular weight excluding hydrogens is 242 g/mol. The molecule has 0 unspecified atom stereocenters. The van der Waals surface area contributed by atoms with Gasteiger partial charge in [-0.05, 0) is 12.8 Å². The summed E-state index contributed by atoms with van der Waals surface area (Å²) in [7, 11) is 0. The standard InChI is InChI=1S/C11H14ClN3O2/c12-9-5-11(17)15(7-13-9)6-10(16)14-8-3-1-2-4-8/h5,7-8H,1-4,6H2,(H,14,16). The molecule has 0 aromatic carbocycles. The Morgan fingerprint density at radius 1 is 1.53 bits per heavy atom. The number of carbonyl (C=O) groups excluding carboxylic acids is 1. The molecule has 1 aliphatic rings. The molecule has 5 nitrogen and oxygen atoms in total. The molecule has 1 aliphatic carbocycles. The maximum Gasteiger partial charge on any atom is 0.255 e. The zero-order chi connectivity index (χ0) is 12.3. The van der Waals surface area contributed by atoms with Crippen LogP contribution >= 0.6 is 11.6 Å². The lowest BCUT2D eigenvalue weighted by Gasteiger charge is -2.12. The van der Waals surface area contributed by atoms with Gasteiger partial charge in [0, 0.05) is 12.1 Å². The Morgan fingerprint density at radius 2 is 2.24 bits per heavy atom. The number of hydrogen-bond donors (Lipinski definition) is 1. The second-order valence-electron chi connectivity index (χ2n) is 4.23. The molecule has 1 aromatic rings. The molecule has 1 N–H and O–H groups in total. The van der Waals surface area contributed by atoms with Crippen molar-refractivity contribution < 1.29 is 4.79 Å². The summed E-state index contributed by atoms with van der Waals surface area (Å²) in [6.07, 6.45) is 5.67. The van der Waals surface area contributed by atoms with Crippen LogP contribution in [0.15, 0.2) is 17.2 Å². The summed E-state index contributed by atoms with van der Waals surface area (Å²) in [4.78, 5) is 26.9. The van der Waals surface area contributed by atoms with Crippen molar-refractivity contribution in [1.29, 1.82) is 0 Å². The van der Waals surface area contributed by atoms with E-state index in [-0.39, 0.29) is 29.2 Å². The highest BCUT2D eigenvalue weighted by Gasteiger charge is 2.17. The Labute approximate surface area is 104 Å². The minimum Gasteiger partial charge on any atom is -0.352 e. The van der Waals surface area contributed by atoms with Gasteiger partial charge in [0.2, 0.25) is 5.91 Å². The number of hydrogen-bond acceptors (Lipinski definition) is 3. The van der Waals surface area contributed by atoms with Crippen LogP contribution in [0, 0.1) is 0 Å². The average Bonchev–Trinajstić information content (AvgIpc) is 2.75. The van der Waals surface area contributed by atoms with Gasteiger partial charge in [-0.15, -0.1) is 0 Å². The molecule has 1 amide bonds. The summed E-state index contributed by atoms with van der Waals surface area (Å²) in [5.41, 5.74) is -0.313. The molecule has 0 aliphatic heterocycles. The molecule has 1 aromatic heterocycles. The number of nitrogens with one attached hydrogen (secondary N) is 1. The van der Waals surface area contributed by atoms with E-state index in [1.807, 2.05) is 0 Å². The van der Waals surface area contributed by atoms with Crippen LogP contribution < -0.4 is 10.9 Å². The first kappa shape index (κ1) is 12.1. The molecule has 92 valence electrons. The minimum atomic E-state index is -0.313. The molecule has 0 saturated heterocycles. The van der Waals surface area contributed by atoms with E-state index >= 15 is 0 Å². The monoisotopic (exact) mass is 255 g/mol. The fourth-order valence-electron chi connectivity index (χ4n) is 2.02. The highest BCUT2D eigenvalue weighted by molar-refractivity contribution is 6.29. The smallest absolute Gasteiger partial charge is 0.255 e. The van der Waals surface area contributed by atoms with Crippen molar-refractivity contribution in [1.82, 2.24) is 14.9 Å². The Kier molecular flexibility index (Phi) is 3.78. The van der Waals surface area contributed by atoms with Gasteiger partial charge in [0.05, 0.1) is 6.33 Å². The lowest BCUT2D eigenvalue weighted by Crippen LogP contribution is -2.37. The molecule has 0 bridgehead atoms. The number of rotatable bonds is 3. The minimum absolute atomic E-state index is 0.000494. The topological polar surface area (TPSA) is 64.0 Å². The first-order valence-corrected chi connectivity index (χ1v) is 6.04. The maximum absolute atomic E-state index is 11.7. The Hall–Kier alpha value is -1.36. The van der Waals surface area contributed by atoms with E-state index in [9.17, 15) is 9.59 Å². The SMILES string of the molecule is O=C(Cn1cnc(Cl)cc1=O)NC1CCCC1. The normalized spacial score (nSPS) is 16.1. The number of carbonyl (C=O) groups is 1. The molecule has 6 heteroatoms. The number of amides is 1. The average molecular weight is 256 g/mol. The van der Waals surface area contributed by atoms with E-state index in [2.05, 4.69) is 10.3 Å². The molecule has 0 radical (unpaired) electrons. The van der Waals surface area contributed by atoms with Gasteiger partial charge < -0.3 is 5.32 Å². The van der Waals surface area contributed by atoms with Crippen LogP contribution in [0.3, 0.4) is 0 Å². The van der Waals surface area contributed by atoms with Crippen molar-refractivity contribution in [2.24, 2.45) is 0 Å². The predicted octanol–water partition coefficient (Wildman–Crippen LogP) is 0.955. The summed E-state index contributed by atoms with van der Waals surface area (Å²) in [6, 6.07) is 1.46. The van der Waals surface area contributed by atoms with E-state index in [0.29, 0.717) is 0 Å². The quantitative estimate of drug-likeness (QED) is 0.818. The fourth-order valence-corrected chi connectivity index (χ4v) is 2.16. The number of nitrogens with zero attached hydrogens (tertiary/aromatic N) is 2. The van der Waals surface area contributed by atoms with E-state index in [1.54, 1.807) is 0 Å². The summed E-state index contributed by atoms with van der Waals surface area (Å²) in [5, 5.41) is 3.05. The van der Waals surface area contributed by atoms with Gasteiger partial charge in [0.1, 0.15) is 11.7 Å². The van der Waals surface area contributed by atoms with Gasteiger partial charge in [-0.3, -0.25) is 14.2 Å². The molecule has 0 spiro atoms. The van der Waals surface area contributed by atoms with Crippen LogP contribution in [0.2, 0.25) is 5.15 Å². The van der Waals surface area contributed by atoms with Gasteiger partial charge in [-0.2, -0.15) is 0 Å². The largest absolute Gasteiger partial charge is 0.352 e. The van der Waals surface area contributed by atoms with Crippen molar-refractivity contribution in [3.63, 3.8) is 0 Å². The van der Waals surface area contributed by atoms with E-state index < -0.39 is 0 Å². The van der Waals surface area contributed by atoms with Gasteiger partial charge in [-0.1, -0.05) is 24.4 Å². The Morgan fingerprint density at radius 3 is 2.88 bits per heavy atom. The lowest BCUT2D eigenvalue weighted by molar-refractivity contribution is -0.122.